The van der Waals surface area contributed by atoms with Crippen molar-refractivity contribution < 1.29 is 14.0 Å². The molecule has 0 spiro atoms. The summed E-state index contributed by atoms with van der Waals surface area (Å²) in [5.41, 5.74) is 0.810. The number of benzene rings is 2. The van der Waals surface area contributed by atoms with Crippen molar-refractivity contribution in [3.63, 3.8) is 0 Å². The summed E-state index contributed by atoms with van der Waals surface area (Å²) in [6.07, 6.45) is 0. The van der Waals surface area contributed by atoms with Gasteiger partial charge in [-0.25, -0.2) is 0 Å². The average Bonchev–Trinajstić information content (AvgIpc) is 3.05. The highest BCUT2D eigenvalue weighted by Crippen LogP contribution is 2.80. The summed E-state index contributed by atoms with van der Waals surface area (Å²) < 4.78 is 27.9. The molecule has 31 heavy (non-hydrogen) atoms. The summed E-state index contributed by atoms with van der Waals surface area (Å²) in [4.78, 5) is 0. The molecule has 0 aliphatic carbocycles. The van der Waals surface area contributed by atoms with Gasteiger partial charge in [-0.15, -0.1) is 0 Å². The molecule has 0 radical (unpaired) electrons. The zero-order valence-electron chi connectivity index (χ0n) is 20.5. The molecule has 0 aromatic heterocycles. The fraction of sp³-hybridized carbons (Fsp3) is 0.538. The lowest BCUT2D eigenvalue weighted by Gasteiger charge is -2.47. The van der Waals surface area contributed by atoms with Crippen molar-refractivity contribution in [2.24, 2.45) is 0 Å². The van der Waals surface area contributed by atoms with Crippen LogP contribution in [0.15, 0.2) is 48.5 Å². The van der Waals surface area contributed by atoms with Crippen molar-refractivity contribution >= 4 is 20.4 Å². The Morgan fingerprint density at radius 2 is 1.45 bits per heavy atom. The van der Waals surface area contributed by atoms with E-state index >= 15 is 0 Å². The number of ether oxygens (including phenoxy) is 2. The Kier molecular flexibility index (Phi) is 6.47. The van der Waals surface area contributed by atoms with Crippen LogP contribution in [0.1, 0.15) is 67.9 Å². The van der Waals surface area contributed by atoms with Crippen molar-refractivity contribution in [3.8, 4) is 11.5 Å². The minimum Gasteiger partial charge on any atom is -0.488 e. The topological polar surface area (TPSA) is 35.5 Å². The Balaban J connectivity index is 2.10. The lowest BCUT2D eigenvalue weighted by Crippen LogP contribution is -2.38. The van der Waals surface area contributed by atoms with Crippen molar-refractivity contribution in [2.45, 2.75) is 90.0 Å². The largest absolute Gasteiger partial charge is 0.488 e. The van der Waals surface area contributed by atoms with Crippen molar-refractivity contribution in [1.29, 1.82) is 0 Å². The van der Waals surface area contributed by atoms with Gasteiger partial charge in [0.2, 0.25) is 0 Å². The number of hydrogen-bond acceptors (Lipinski definition) is 3. The van der Waals surface area contributed by atoms with Gasteiger partial charge in [-0.05, 0) is 30.8 Å². The van der Waals surface area contributed by atoms with Gasteiger partial charge in [-0.3, -0.25) is 0 Å². The van der Waals surface area contributed by atoms with Crippen LogP contribution >= 0.6 is 15.1 Å². The molecular formula is C26H38O3P2. The quantitative estimate of drug-likeness (QED) is 0.437. The molecule has 1 heterocycles. The molecule has 0 amide bonds. The molecule has 5 heteroatoms. The molecule has 0 bridgehead atoms. The van der Waals surface area contributed by atoms with E-state index in [0.29, 0.717) is 6.61 Å². The van der Waals surface area contributed by atoms with E-state index in [1.165, 1.54) is 0 Å². The monoisotopic (exact) mass is 460 g/mol. The zero-order valence-corrected chi connectivity index (χ0v) is 22.3. The lowest BCUT2D eigenvalue weighted by atomic mass is 10.2. The maximum Gasteiger partial charge on any atom is 0.174 e. The van der Waals surface area contributed by atoms with E-state index in [1.54, 1.807) is 0 Å². The van der Waals surface area contributed by atoms with Gasteiger partial charge < -0.3 is 14.0 Å². The van der Waals surface area contributed by atoms with Crippen LogP contribution in [0.4, 0.5) is 0 Å². The summed E-state index contributed by atoms with van der Waals surface area (Å²) in [7, 11) is -3.71. The summed E-state index contributed by atoms with van der Waals surface area (Å²) in [5, 5.41) is 0.313. The van der Waals surface area contributed by atoms with Crippen molar-refractivity contribution in [2.75, 3.05) is 0 Å². The summed E-state index contributed by atoms with van der Waals surface area (Å²) in [6.45, 7) is 19.9. The molecule has 1 aliphatic heterocycles. The van der Waals surface area contributed by atoms with Gasteiger partial charge in [-0.1, -0.05) is 98.7 Å². The van der Waals surface area contributed by atoms with E-state index in [0.717, 1.165) is 22.4 Å². The van der Waals surface area contributed by atoms with Gasteiger partial charge in [0.1, 0.15) is 25.2 Å². The van der Waals surface area contributed by atoms with Crippen LogP contribution in [0.3, 0.4) is 0 Å². The normalized spacial score (nSPS) is 19.6. The molecule has 3 nitrogen and oxygen atoms in total. The predicted octanol–water partition coefficient (Wildman–Crippen LogP) is 7.81. The Hall–Kier alpha value is -1.30. The van der Waals surface area contributed by atoms with Crippen LogP contribution < -0.4 is 14.8 Å². The highest BCUT2D eigenvalue weighted by atomic mass is 31.2. The highest BCUT2D eigenvalue weighted by molar-refractivity contribution is 7.84. The maximum absolute atomic E-state index is 14.9. The number of hydrogen-bond donors (Lipinski definition) is 0. The van der Waals surface area contributed by atoms with Crippen LogP contribution in [-0.2, 0) is 11.2 Å². The van der Waals surface area contributed by atoms with Crippen LogP contribution in [-0.4, -0.2) is 21.1 Å². The van der Waals surface area contributed by atoms with E-state index in [-0.39, 0.29) is 21.1 Å². The Morgan fingerprint density at radius 1 is 0.871 bits per heavy atom. The van der Waals surface area contributed by atoms with Crippen LogP contribution in [0.2, 0.25) is 0 Å². The van der Waals surface area contributed by atoms with Gasteiger partial charge >= 0.3 is 0 Å². The lowest BCUT2D eigenvalue weighted by molar-refractivity contribution is 0.306. The van der Waals surface area contributed by atoms with E-state index in [9.17, 15) is 4.57 Å². The Morgan fingerprint density at radius 3 is 1.97 bits per heavy atom. The van der Waals surface area contributed by atoms with E-state index in [1.807, 2.05) is 36.4 Å². The minimum atomic E-state index is -2.82. The second-order valence-corrected chi connectivity index (χ2v) is 19.2. The first-order valence-electron chi connectivity index (χ1n) is 11.0. The molecule has 2 aromatic rings. The molecule has 2 aromatic carbocycles. The van der Waals surface area contributed by atoms with Crippen LogP contribution in [0.25, 0.3) is 0 Å². The number of rotatable bonds is 4. The molecule has 0 fully saturated rings. The standard InChI is InChI=1S/C26H38O3P2/c1-24(2,3)30-22-20(28-18-19-14-11-10-12-15-19)16-13-17-21(22)29-23(30)31(27,25(4,5)6)26(7,8)9/h10-17,23H,18H2,1-9H3/t23-,30+/m0/s1. The number of fused-ring (bicyclic) bond motifs is 1. The SMILES string of the molecule is CC(C)(C)[P@]1c2c(OCc3ccccc3)cccc2O[C@@H]1P(=O)(C(C)(C)C)C(C)(C)C. The first kappa shape index (κ1) is 24.3. The third kappa shape index (κ3) is 4.46. The Labute approximate surface area is 190 Å². The van der Waals surface area contributed by atoms with Gasteiger partial charge in [-0.2, -0.15) is 0 Å². The molecular weight excluding hydrogens is 422 g/mol. The molecule has 3 rings (SSSR count). The molecule has 1 aliphatic rings. The van der Waals surface area contributed by atoms with Gasteiger partial charge in [0.25, 0.3) is 0 Å². The molecule has 170 valence electrons. The fourth-order valence-corrected chi connectivity index (χ4v) is 15.4. The minimum absolute atomic E-state index is 0.0797. The van der Waals surface area contributed by atoms with E-state index in [4.69, 9.17) is 9.47 Å². The molecule has 0 N–H and O–H groups in total. The molecule has 0 unspecified atom stereocenters. The van der Waals surface area contributed by atoms with Gasteiger partial charge in [0, 0.05) is 10.3 Å². The molecule has 0 saturated heterocycles. The molecule has 0 saturated carbocycles. The van der Waals surface area contributed by atoms with Crippen LogP contribution in [0.5, 0.6) is 11.5 Å². The van der Waals surface area contributed by atoms with Crippen molar-refractivity contribution in [1.82, 2.24) is 0 Å². The first-order valence-corrected chi connectivity index (χ1v) is 14.2. The second-order valence-electron chi connectivity index (χ2n) is 11.4. The van der Waals surface area contributed by atoms with Gasteiger partial charge in [0.15, 0.2) is 5.59 Å². The second kappa shape index (κ2) is 8.24. The smallest absolute Gasteiger partial charge is 0.174 e. The highest BCUT2D eigenvalue weighted by Gasteiger charge is 2.60. The summed E-state index contributed by atoms with van der Waals surface area (Å²) >= 11 is 0. The average molecular weight is 461 g/mol. The predicted molar refractivity (Wildman–Crippen MR) is 135 cm³/mol. The zero-order chi connectivity index (χ0) is 23.2. The van der Waals surface area contributed by atoms with Crippen LogP contribution in [0, 0.1) is 0 Å². The third-order valence-corrected chi connectivity index (χ3v) is 15.2. The van der Waals surface area contributed by atoms with Crippen molar-refractivity contribution in [3.05, 3.63) is 54.1 Å². The van der Waals surface area contributed by atoms with E-state index in [2.05, 4.69) is 74.4 Å². The third-order valence-electron chi connectivity index (χ3n) is 5.92. The summed E-state index contributed by atoms with van der Waals surface area (Å²) in [5.74, 6) is 1.70. The molecule has 2 atom stereocenters. The Bertz CT molecular complexity index is 945. The van der Waals surface area contributed by atoms with Gasteiger partial charge in [0.05, 0.1) is 5.30 Å². The summed E-state index contributed by atoms with van der Waals surface area (Å²) in [6, 6.07) is 16.2. The maximum atomic E-state index is 14.9. The fourth-order valence-electron chi connectivity index (χ4n) is 4.54. The van der Waals surface area contributed by atoms with E-state index < -0.39 is 15.1 Å². The first-order chi connectivity index (χ1) is 14.2.